The maximum Gasteiger partial charge on any atom is 0.251 e. The number of benzene rings is 1. The van der Waals surface area contributed by atoms with Gasteiger partial charge in [0.15, 0.2) is 0 Å². The summed E-state index contributed by atoms with van der Waals surface area (Å²) in [5.74, 6) is 5.36. The molecule has 0 aliphatic carbocycles. The highest BCUT2D eigenvalue weighted by atomic mass is 16.2. The predicted molar refractivity (Wildman–Crippen MR) is 77.0 cm³/mol. The van der Waals surface area contributed by atoms with E-state index in [1.165, 1.54) is 0 Å². The molecule has 0 saturated carbocycles. The fourth-order valence-corrected chi connectivity index (χ4v) is 1.81. The van der Waals surface area contributed by atoms with Crippen molar-refractivity contribution in [2.75, 3.05) is 13.2 Å². The minimum atomic E-state index is -0.174. The largest absolute Gasteiger partial charge is 0.384 e. The highest BCUT2D eigenvalue weighted by molar-refractivity contribution is 5.94. The Morgan fingerprint density at radius 1 is 1.32 bits per heavy atom. The lowest BCUT2D eigenvalue weighted by molar-refractivity contribution is 0.0953. The molecule has 0 atom stereocenters. The van der Waals surface area contributed by atoms with Gasteiger partial charge in [0.25, 0.3) is 5.91 Å². The third-order valence-electron chi connectivity index (χ3n) is 2.72. The molecule has 1 rings (SSSR count). The van der Waals surface area contributed by atoms with Crippen molar-refractivity contribution < 1.29 is 9.90 Å². The molecule has 1 amide bonds. The Labute approximate surface area is 115 Å². The Kier molecular flexibility index (Phi) is 6.70. The molecule has 0 aromatic heterocycles. The van der Waals surface area contributed by atoms with E-state index < -0.39 is 0 Å². The van der Waals surface area contributed by atoms with E-state index >= 15 is 0 Å². The van der Waals surface area contributed by atoms with Crippen molar-refractivity contribution in [1.29, 1.82) is 0 Å². The Morgan fingerprint density at radius 3 is 2.79 bits per heavy atom. The number of aliphatic hydroxyl groups is 1. The van der Waals surface area contributed by atoms with Crippen LogP contribution in [0.25, 0.3) is 0 Å². The lowest BCUT2D eigenvalue weighted by Gasteiger charge is -2.06. The number of nitrogens with one attached hydrogen (secondary N) is 1. The molecule has 0 aliphatic rings. The number of hydrogen-bond acceptors (Lipinski definition) is 2. The molecule has 0 radical (unpaired) electrons. The van der Waals surface area contributed by atoms with Gasteiger partial charge in [-0.05, 0) is 37.1 Å². The maximum absolute atomic E-state index is 12.0. The summed E-state index contributed by atoms with van der Waals surface area (Å²) >= 11 is 0. The van der Waals surface area contributed by atoms with E-state index in [-0.39, 0.29) is 12.5 Å². The first-order valence-corrected chi connectivity index (χ1v) is 6.67. The van der Waals surface area contributed by atoms with Gasteiger partial charge in [-0.25, -0.2) is 0 Å². The Hall–Kier alpha value is -1.79. The number of unbranched alkanes of at least 4 members (excludes halogenated alkanes) is 2. The number of aliphatic hydroxyl groups excluding tert-OH is 1. The SMILES string of the molecule is CCCCCNC(=O)c1cc(C)cc(C#CCO)c1. The molecular formula is C16H21NO2. The summed E-state index contributed by atoms with van der Waals surface area (Å²) in [6.45, 7) is 4.59. The Balaban J connectivity index is 2.71. The van der Waals surface area contributed by atoms with Gasteiger partial charge in [0, 0.05) is 17.7 Å². The van der Waals surface area contributed by atoms with E-state index in [0.717, 1.165) is 30.4 Å². The molecular weight excluding hydrogens is 238 g/mol. The van der Waals surface area contributed by atoms with Crippen LogP contribution in [0, 0.1) is 18.8 Å². The molecule has 1 aromatic carbocycles. The van der Waals surface area contributed by atoms with Gasteiger partial charge in [0.1, 0.15) is 6.61 Å². The number of hydrogen-bond donors (Lipinski definition) is 2. The van der Waals surface area contributed by atoms with Crippen molar-refractivity contribution in [3.8, 4) is 11.8 Å². The lowest BCUT2D eigenvalue weighted by atomic mass is 10.1. The quantitative estimate of drug-likeness (QED) is 0.629. The first-order valence-electron chi connectivity index (χ1n) is 6.67. The highest BCUT2D eigenvalue weighted by Gasteiger charge is 2.06. The van der Waals surface area contributed by atoms with Crippen LogP contribution in [0.3, 0.4) is 0 Å². The Bertz CT molecular complexity index is 483. The van der Waals surface area contributed by atoms with Crippen LogP contribution in [0.5, 0.6) is 0 Å². The first kappa shape index (κ1) is 15.3. The van der Waals surface area contributed by atoms with Crippen molar-refractivity contribution in [3.63, 3.8) is 0 Å². The molecule has 2 N–H and O–H groups in total. The summed E-state index contributed by atoms with van der Waals surface area (Å²) < 4.78 is 0. The summed E-state index contributed by atoms with van der Waals surface area (Å²) in [6, 6.07) is 5.50. The molecule has 3 nitrogen and oxygen atoms in total. The van der Waals surface area contributed by atoms with E-state index in [9.17, 15) is 4.79 Å². The zero-order valence-corrected chi connectivity index (χ0v) is 11.6. The van der Waals surface area contributed by atoms with Gasteiger partial charge in [-0.2, -0.15) is 0 Å². The zero-order valence-electron chi connectivity index (χ0n) is 11.6. The van der Waals surface area contributed by atoms with Gasteiger partial charge in [-0.1, -0.05) is 31.6 Å². The van der Waals surface area contributed by atoms with Crippen LogP contribution in [0.2, 0.25) is 0 Å². The van der Waals surface area contributed by atoms with Crippen LogP contribution in [-0.2, 0) is 0 Å². The fourth-order valence-electron chi connectivity index (χ4n) is 1.81. The minimum Gasteiger partial charge on any atom is -0.384 e. The van der Waals surface area contributed by atoms with Gasteiger partial charge in [0.05, 0.1) is 0 Å². The van der Waals surface area contributed by atoms with Gasteiger partial charge >= 0.3 is 0 Å². The smallest absolute Gasteiger partial charge is 0.251 e. The topological polar surface area (TPSA) is 49.3 Å². The van der Waals surface area contributed by atoms with Crippen molar-refractivity contribution in [2.45, 2.75) is 33.1 Å². The molecule has 0 saturated heterocycles. The standard InChI is InChI=1S/C16H21NO2/c1-3-4-5-8-17-16(19)15-11-13(2)10-14(12-15)7-6-9-18/h10-12,18H,3-5,8-9H2,1-2H3,(H,17,19). The first-order chi connectivity index (χ1) is 9.17. The van der Waals surface area contributed by atoms with Gasteiger partial charge in [-0.3, -0.25) is 4.79 Å². The molecule has 102 valence electrons. The van der Waals surface area contributed by atoms with E-state index in [2.05, 4.69) is 24.1 Å². The number of carbonyl (C=O) groups excluding carboxylic acids is 1. The third kappa shape index (κ3) is 5.58. The molecule has 1 aromatic rings. The molecule has 0 heterocycles. The molecule has 19 heavy (non-hydrogen) atoms. The third-order valence-corrected chi connectivity index (χ3v) is 2.72. The van der Waals surface area contributed by atoms with Crippen LogP contribution in [0.15, 0.2) is 18.2 Å². The average molecular weight is 259 g/mol. The minimum absolute atomic E-state index is 0.0631. The zero-order chi connectivity index (χ0) is 14.1. The van der Waals surface area contributed by atoms with Crippen LogP contribution < -0.4 is 5.32 Å². The summed E-state index contributed by atoms with van der Waals surface area (Å²) in [5.41, 5.74) is 2.37. The van der Waals surface area contributed by atoms with Gasteiger partial charge in [-0.15, -0.1) is 0 Å². The molecule has 3 heteroatoms. The van der Waals surface area contributed by atoms with Crippen molar-refractivity contribution in [2.24, 2.45) is 0 Å². The van der Waals surface area contributed by atoms with Crippen molar-refractivity contribution >= 4 is 5.91 Å². The van der Waals surface area contributed by atoms with Crippen LogP contribution in [0.4, 0.5) is 0 Å². The van der Waals surface area contributed by atoms with Crippen molar-refractivity contribution in [1.82, 2.24) is 5.32 Å². The number of aryl methyl sites for hydroxylation is 1. The molecule has 0 unspecified atom stereocenters. The van der Waals surface area contributed by atoms with Gasteiger partial charge < -0.3 is 10.4 Å². The molecule has 0 bridgehead atoms. The van der Waals surface area contributed by atoms with Crippen LogP contribution in [-0.4, -0.2) is 24.2 Å². The molecule has 0 aliphatic heterocycles. The average Bonchev–Trinajstić information content (AvgIpc) is 2.40. The van der Waals surface area contributed by atoms with E-state index in [1.54, 1.807) is 6.07 Å². The second kappa shape index (κ2) is 8.34. The summed E-state index contributed by atoms with van der Waals surface area (Å²) in [7, 11) is 0. The lowest BCUT2D eigenvalue weighted by Crippen LogP contribution is -2.24. The van der Waals surface area contributed by atoms with E-state index in [1.807, 2.05) is 19.1 Å². The summed E-state index contributed by atoms with van der Waals surface area (Å²) in [6.07, 6.45) is 3.27. The number of amides is 1. The van der Waals surface area contributed by atoms with Crippen LogP contribution >= 0.6 is 0 Å². The van der Waals surface area contributed by atoms with Gasteiger partial charge in [0.2, 0.25) is 0 Å². The predicted octanol–water partition coefficient (Wildman–Crippen LogP) is 2.26. The van der Waals surface area contributed by atoms with Crippen molar-refractivity contribution in [3.05, 3.63) is 34.9 Å². The van der Waals surface area contributed by atoms with E-state index in [0.29, 0.717) is 12.1 Å². The molecule has 0 spiro atoms. The summed E-state index contributed by atoms with van der Waals surface area (Å²) in [4.78, 5) is 12.0. The fraction of sp³-hybridized carbons (Fsp3) is 0.438. The maximum atomic E-state index is 12.0. The highest BCUT2D eigenvalue weighted by Crippen LogP contribution is 2.09. The Morgan fingerprint density at radius 2 is 2.11 bits per heavy atom. The number of rotatable bonds is 5. The molecule has 0 fully saturated rings. The van der Waals surface area contributed by atoms with Crippen LogP contribution in [0.1, 0.15) is 47.7 Å². The summed E-state index contributed by atoms with van der Waals surface area (Å²) in [5, 5.41) is 11.6. The van der Waals surface area contributed by atoms with E-state index in [4.69, 9.17) is 5.11 Å². The second-order valence-corrected chi connectivity index (χ2v) is 4.51. The normalized spacial score (nSPS) is 9.63. The number of carbonyl (C=O) groups is 1. The monoisotopic (exact) mass is 259 g/mol. The second-order valence-electron chi connectivity index (χ2n) is 4.51.